The molecule has 0 spiro atoms. The van der Waals surface area contributed by atoms with Crippen LogP contribution < -0.4 is 15.0 Å². The molecule has 1 saturated heterocycles. The number of benzene rings is 2. The van der Waals surface area contributed by atoms with Crippen molar-refractivity contribution in [1.29, 1.82) is 0 Å². The van der Waals surface area contributed by atoms with Crippen LogP contribution in [0.3, 0.4) is 0 Å². The Balaban J connectivity index is 1.46. The van der Waals surface area contributed by atoms with Crippen LogP contribution >= 0.6 is 0 Å². The van der Waals surface area contributed by atoms with Crippen molar-refractivity contribution < 1.29 is 27.9 Å². The fourth-order valence-corrected chi connectivity index (χ4v) is 4.20. The fourth-order valence-electron chi connectivity index (χ4n) is 4.20. The minimum atomic E-state index is -2.92. The molecule has 0 aromatic heterocycles. The Labute approximate surface area is 177 Å². The van der Waals surface area contributed by atoms with Gasteiger partial charge in [0.25, 0.3) is 5.91 Å². The quantitative estimate of drug-likeness (QED) is 0.761. The van der Waals surface area contributed by atoms with E-state index in [1.165, 1.54) is 24.3 Å². The Morgan fingerprint density at radius 2 is 1.87 bits per heavy atom. The second kappa shape index (κ2) is 7.98. The molecule has 162 valence electrons. The lowest BCUT2D eigenvalue weighted by atomic mass is 9.98. The molecular weight excluding hydrogens is 408 g/mol. The summed E-state index contributed by atoms with van der Waals surface area (Å²) in [6.45, 7) is -0.951. The molecule has 9 heteroatoms. The van der Waals surface area contributed by atoms with Crippen LogP contribution in [0.4, 0.5) is 20.2 Å². The summed E-state index contributed by atoms with van der Waals surface area (Å²) in [5, 5.41) is 2.68. The van der Waals surface area contributed by atoms with Gasteiger partial charge >= 0.3 is 6.61 Å². The first-order valence-electron chi connectivity index (χ1n) is 9.88. The third kappa shape index (κ3) is 3.83. The molecule has 2 aromatic rings. The highest BCUT2D eigenvalue weighted by molar-refractivity contribution is 6.10. The summed E-state index contributed by atoms with van der Waals surface area (Å²) >= 11 is 0. The van der Waals surface area contributed by atoms with Crippen LogP contribution in [0.25, 0.3) is 0 Å². The molecule has 2 heterocycles. The summed E-state index contributed by atoms with van der Waals surface area (Å²) in [5.74, 6) is -0.619. The molecule has 0 aliphatic carbocycles. The van der Waals surface area contributed by atoms with E-state index in [1.807, 2.05) is 6.92 Å². The minimum Gasteiger partial charge on any atom is -0.435 e. The molecule has 1 atom stereocenters. The van der Waals surface area contributed by atoms with Gasteiger partial charge in [0.05, 0.1) is 11.3 Å². The number of rotatable bonds is 6. The maximum atomic E-state index is 13.1. The fraction of sp³-hybridized carbons (Fsp3) is 0.318. The van der Waals surface area contributed by atoms with Crippen molar-refractivity contribution in [2.24, 2.45) is 0 Å². The van der Waals surface area contributed by atoms with Crippen LogP contribution in [0.1, 0.15) is 36.5 Å². The third-order valence-corrected chi connectivity index (χ3v) is 5.67. The number of hydrogen-bond donors (Lipinski definition) is 1. The molecule has 2 aromatic carbocycles. The largest absolute Gasteiger partial charge is 0.435 e. The molecule has 0 radical (unpaired) electrons. The molecular formula is C22H21F2N3O4. The summed E-state index contributed by atoms with van der Waals surface area (Å²) in [6, 6.07) is 12.5. The Hall–Kier alpha value is -3.49. The van der Waals surface area contributed by atoms with Crippen LogP contribution in [-0.4, -0.2) is 41.4 Å². The molecule has 1 fully saturated rings. The topological polar surface area (TPSA) is 79.0 Å². The van der Waals surface area contributed by atoms with Gasteiger partial charge in [-0.2, -0.15) is 8.78 Å². The van der Waals surface area contributed by atoms with Gasteiger partial charge in [-0.1, -0.05) is 12.1 Å². The number of halogens is 2. The Morgan fingerprint density at radius 3 is 2.58 bits per heavy atom. The minimum absolute atomic E-state index is 0.00973. The van der Waals surface area contributed by atoms with Crippen LogP contribution in [-0.2, 0) is 9.59 Å². The summed E-state index contributed by atoms with van der Waals surface area (Å²) in [4.78, 5) is 41.4. The van der Waals surface area contributed by atoms with E-state index in [4.69, 9.17) is 0 Å². The van der Waals surface area contributed by atoms with Crippen LogP contribution in [0, 0.1) is 0 Å². The van der Waals surface area contributed by atoms with E-state index >= 15 is 0 Å². The van der Waals surface area contributed by atoms with Gasteiger partial charge in [0, 0.05) is 25.1 Å². The van der Waals surface area contributed by atoms with E-state index in [1.54, 1.807) is 34.1 Å². The number of para-hydroxylation sites is 1. The maximum absolute atomic E-state index is 13.1. The maximum Gasteiger partial charge on any atom is 0.387 e. The van der Waals surface area contributed by atoms with Crippen LogP contribution in [0.5, 0.6) is 5.75 Å². The van der Waals surface area contributed by atoms with Gasteiger partial charge in [-0.3, -0.25) is 19.3 Å². The van der Waals surface area contributed by atoms with Gasteiger partial charge < -0.3 is 15.0 Å². The highest BCUT2D eigenvalue weighted by atomic mass is 19.3. The molecule has 3 amide bonds. The highest BCUT2D eigenvalue weighted by Gasteiger charge is 2.52. The Morgan fingerprint density at radius 1 is 1.16 bits per heavy atom. The number of carbonyl (C=O) groups is 3. The van der Waals surface area contributed by atoms with Crippen LogP contribution in [0.15, 0.2) is 48.5 Å². The van der Waals surface area contributed by atoms with Crippen molar-refractivity contribution >= 4 is 29.1 Å². The lowest BCUT2D eigenvalue weighted by molar-refractivity contribution is -0.117. The average molecular weight is 429 g/mol. The number of amides is 3. The van der Waals surface area contributed by atoms with E-state index in [-0.39, 0.29) is 36.4 Å². The zero-order valence-electron chi connectivity index (χ0n) is 16.8. The first-order chi connectivity index (χ1) is 14.8. The molecule has 7 nitrogen and oxygen atoms in total. The van der Waals surface area contributed by atoms with Crippen molar-refractivity contribution in [3.8, 4) is 5.75 Å². The zero-order chi connectivity index (χ0) is 22.2. The van der Waals surface area contributed by atoms with Gasteiger partial charge in [0.2, 0.25) is 11.8 Å². The van der Waals surface area contributed by atoms with Gasteiger partial charge in [-0.15, -0.1) is 0 Å². The molecule has 2 aliphatic rings. The molecule has 2 aliphatic heterocycles. The summed E-state index contributed by atoms with van der Waals surface area (Å²) in [5.41, 5.74) is 0.636. The number of nitrogens with one attached hydrogen (secondary N) is 1. The van der Waals surface area contributed by atoms with E-state index in [0.29, 0.717) is 29.8 Å². The molecule has 31 heavy (non-hydrogen) atoms. The monoisotopic (exact) mass is 429 g/mol. The number of carbonyl (C=O) groups excluding carboxylic acids is 3. The Kier molecular flexibility index (Phi) is 5.34. The average Bonchev–Trinajstić information content (AvgIpc) is 3.04. The molecule has 4 rings (SSSR count). The molecule has 0 saturated carbocycles. The van der Waals surface area contributed by atoms with E-state index < -0.39 is 12.3 Å². The SMILES string of the molecule is C[C@@]12CCC(=O)N1c1ccccc1C(=O)N2CCC(=O)Nc1ccc(OC(F)F)cc1. The second-order valence-electron chi connectivity index (χ2n) is 7.62. The lowest BCUT2D eigenvalue weighted by Crippen LogP contribution is -2.62. The summed E-state index contributed by atoms with van der Waals surface area (Å²) < 4.78 is 28.7. The standard InChI is InChI=1S/C22H21F2N3O4/c1-22-12-10-19(29)27(22)17-5-3-2-4-16(17)20(30)26(22)13-11-18(28)25-14-6-8-15(9-7-14)31-21(23)24/h2-9,21H,10-13H2,1H3,(H,25,28)/t22-/m0/s1. The van der Waals surface area contributed by atoms with E-state index in [2.05, 4.69) is 10.1 Å². The number of nitrogens with zero attached hydrogens (tertiary/aromatic N) is 2. The predicted molar refractivity (Wildman–Crippen MR) is 109 cm³/mol. The van der Waals surface area contributed by atoms with Crippen molar-refractivity contribution in [2.45, 2.75) is 38.5 Å². The summed E-state index contributed by atoms with van der Waals surface area (Å²) in [6.07, 6.45) is 0.827. The van der Waals surface area contributed by atoms with Crippen LogP contribution in [0.2, 0.25) is 0 Å². The number of anilines is 2. The highest BCUT2D eigenvalue weighted by Crippen LogP contribution is 2.43. The normalized spacial score (nSPS) is 20.0. The van der Waals surface area contributed by atoms with Gasteiger partial charge in [0.1, 0.15) is 11.4 Å². The molecule has 0 unspecified atom stereocenters. The van der Waals surface area contributed by atoms with E-state index in [9.17, 15) is 23.2 Å². The number of hydrogen-bond acceptors (Lipinski definition) is 4. The third-order valence-electron chi connectivity index (χ3n) is 5.67. The molecule has 0 bridgehead atoms. The smallest absolute Gasteiger partial charge is 0.387 e. The number of alkyl halides is 2. The number of ether oxygens (including phenoxy) is 1. The van der Waals surface area contributed by atoms with Crippen molar-refractivity contribution in [2.75, 3.05) is 16.8 Å². The van der Waals surface area contributed by atoms with Crippen molar-refractivity contribution in [3.05, 3.63) is 54.1 Å². The van der Waals surface area contributed by atoms with Gasteiger partial charge in [0.15, 0.2) is 0 Å². The van der Waals surface area contributed by atoms with Gasteiger partial charge in [-0.25, -0.2) is 0 Å². The number of fused-ring (bicyclic) bond motifs is 3. The Bertz CT molecular complexity index is 1030. The lowest BCUT2D eigenvalue weighted by Gasteiger charge is -2.48. The van der Waals surface area contributed by atoms with Crippen molar-refractivity contribution in [3.63, 3.8) is 0 Å². The van der Waals surface area contributed by atoms with E-state index in [0.717, 1.165) is 0 Å². The van der Waals surface area contributed by atoms with Gasteiger partial charge in [-0.05, 0) is 49.7 Å². The summed E-state index contributed by atoms with van der Waals surface area (Å²) in [7, 11) is 0. The van der Waals surface area contributed by atoms with Crippen molar-refractivity contribution in [1.82, 2.24) is 4.90 Å². The zero-order valence-corrected chi connectivity index (χ0v) is 16.8. The first-order valence-corrected chi connectivity index (χ1v) is 9.88. The predicted octanol–water partition coefficient (Wildman–Crippen LogP) is 3.62. The first kappa shape index (κ1) is 20.8. The second-order valence-corrected chi connectivity index (χ2v) is 7.62. The molecule has 1 N–H and O–H groups in total.